The van der Waals surface area contributed by atoms with Crippen LogP contribution in [0.5, 0.6) is 0 Å². The summed E-state index contributed by atoms with van der Waals surface area (Å²) in [5, 5.41) is 0. The van der Waals surface area contributed by atoms with Crippen LogP contribution in [-0.2, 0) is 4.74 Å². The molecule has 13 heavy (non-hydrogen) atoms. The number of imidazole rings is 1. The van der Waals surface area contributed by atoms with Gasteiger partial charge in [-0.3, -0.25) is 4.57 Å². The van der Waals surface area contributed by atoms with Crippen molar-refractivity contribution in [3.05, 3.63) is 22.9 Å². The van der Waals surface area contributed by atoms with Crippen molar-refractivity contribution in [2.75, 3.05) is 13.2 Å². The molecule has 1 aromatic rings. The minimum absolute atomic E-state index is 0.0476. The summed E-state index contributed by atoms with van der Waals surface area (Å²) < 4.78 is 7.09. The maximum Gasteiger partial charge on any atom is 0.325 e. The van der Waals surface area contributed by atoms with Gasteiger partial charge in [-0.1, -0.05) is 13.8 Å². The van der Waals surface area contributed by atoms with Gasteiger partial charge in [-0.2, -0.15) is 0 Å². The predicted molar refractivity (Wildman–Crippen MR) is 48.7 cm³/mol. The molecule has 1 unspecified atom stereocenters. The zero-order valence-corrected chi connectivity index (χ0v) is 7.91. The Bertz CT molecular complexity index is 350. The van der Waals surface area contributed by atoms with Gasteiger partial charge < -0.3 is 9.72 Å². The summed E-state index contributed by atoms with van der Waals surface area (Å²) in [7, 11) is 0. The van der Waals surface area contributed by atoms with Crippen molar-refractivity contribution in [2.45, 2.75) is 19.9 Å². The molecule has 0 bridgehead atoms. The standard InChI is InChI=1S/C9H14N2O2/c1-9(2)6-13-5-7(9)11-4-3-10-8(11)12/h3-4,7H,5-6H2,1-2H3,(H,10,12). The van der Waals surface area contributed by atoms with E-state index >= 15 is 0 Å². The lowest BCUT2D eigenvalue weighted by Gasteiger charge is -2.24. The Kier molecular flexibility index (Phi) is 1.80. The molecule has 1 aliphatic rings. The number of H-pyrrole nitrogens is 1. The van der Waals surface area contributed by atoms with Gasteiger partial charge in [-0.05, 0) is 0 Å². The SMILES string of the molecule is CC1(C)COCC1n1cc[nH]c1=O. The fourth-order valence-electron chi connectivity index (χ4n) is 1.79. The van der Waals surface area contributed by atoms with Crippen molar-refractivity contribution in [3.8, 4) is 0 Å². The first kappa shape index (κ1) is 8.56. The van der Waals surface area contributed by atoms with Gasteiger partial charge in [0.25, 0.3) is 0 Å². The highest BCUT2D eigenvalue weighted by Crippen LogP contribution is 2.35. The summed E-state index contributed by atoms with van der Waals surface area (Å²) in [6.45, 7) is 5.58. The average molecular weight is 182 g/mol. The monoisotopic (exact) mass is 182 g/mol. The molecule has 0 aliphatic carbocycles. The quantitative estimate of drug-likeness (QED) is 0.697. The van der Waals surface area contributed by atoms with Crippen LogP contribution < -0.4 is 5.69 Å². The normalized spacial score (nSPS) is 26.5. The van der Waals surface area contributed by atoms with Crippen LogP contribution in [0.3, 0.4) is 0 Å². The van der Waals surface area contributed by atoms with Crippen molar-refractivity contribution >= 4 is 0 Å². The third-order valence-electron chi connectivity index (χ3n) is 2.66. The molecule has 0 amide bonds. The van der Waals surface area contributed by atoms with Gasteiger partial charge in [-0.15, -0.1) is 0 Å². The van der Waals surface area contributed by atoms with E-state index in [0.29, 0.717) is 6.61 Å². The van der Waals surface area contributed by atoms with Crippen molar-refractivity contribution < 1.29 is 4.74 Å². The Balaban J connectivity index is 2.37. The molecule has 0 radical (unpaired) electrons. The lowest BCUT2D eigenvalue weighted by Crippen LogP contribution is -2.31. The molecule has 2 rings (SSSR count). The zero-order valence-electron chi connectivity index (χ0n) is 7.91. The molecule has 1 saturated heterocycles. The van der Waals surface area contributed by atoms with Crippen molar-refractivity contribution in [2.24, 2.45) is 5.41 Å². The Morgan fingerprint density at radius 3 is 2.92 bits per heavy atom. The summed E-state index contributed by atoms with van der Waals surface area (Å²) >= 11 is 0. The number of nitrogens with one attached hydrogen (secondary N) is 1. The first-order valence-electron chi connectivity index (χ1n) is 4.44. The second-order valence-electron chi connectivity index (χ2n) is 4.19. The Morgan fingerprint density at radius 1 is 1.69 bits per heavy atom. The maximum atomic E-state index is 11.3. The smallest absolute Gasteiger partial charge is 0.325 e. The van der Waals surface area contributed by atoms with Crippen LogP contribution in [0.15, 0.2) is 17.2 Å². The molecule has 0 spiro atoms. The van der Waals surface area contributed by atoms with Crippen LogP contribution in [0, 0.1) is 5.41 Å². The molecular formula is C9H14N2O2. The number of nitrogens with zero attached hydrogens (tertiary/aromatic N) is 1. The third kappa shape index (κ3) is 1.31. The largest absolute Gasteiger partial charge is 0.379 e. The maximum absolute atomic E-state index is 11.3. The molecule has 1 aromatic heterocycles. The van der Waals surface area contributed by atoms with E-state index in [0.717, 1.165) is 6.61 Å². The summed E-state index contributed by atoms with van der Waals surface area (Å²) in [5.41, 5.74) is -0.00461. The minimum atomic E-state index is -0.0522. The van der Waals surface area contributed by atoms with E-state index in [1.54, 1.807) is 17.0 Å². The Labute approximate surface area is 76.5 Å². The van der Waals surface area contributed by atoms with Crippen LogP contribution in [0.25, 0.3) is 0 Å². The van der Waals surface area contributed by atoms with E-state index in [2.05, 4.69) is 18.8 Å². The number of ether oxygens (including phenoxy) is 1. The van der Waals surface area contributed by atoms with Crippen LogP contribution in [-0.4, -0.2) is 22.8 Å². The summed E-state index contributed by atoms with van der Waals surface area (Å²) in [4.78, 5) is 14.0. The van der Waals surface area contributed by atoms with E-state index in [9.17, 15) is 4.79 Å². The van der Waals surface area contributed by atoms with Gasteiger partial charge in [0.1, 0.15) is 0 Å². The predicted octanol–water partition coefficient (Wildman–Crippen LogP) is 0.774. The van der Waals surface area contributed by atoms with Crippen molar-refractivity contribution in [3.63, 3.8) is 0 Å². The number of rotatable bonds is 1. The van der Waals surface area contributed by atoms with Gasteiger partial charge in [0.05, 0.1) is 19.3 Å². The van der Waals surface area contributed by atoms with Gasteiger partial charge in [0.2, 0.25) is 0 Å². The molecule has 1 fully saturated rings. The highest BCUT2D eigenvalue weighted by molar-refractivity contribution is 4.92. The zero-order chi connectivity index (χ0) is 9.47. The van der Waals surface area contributed by atoms with E-state index in [-0.39, 0.29) is 17.1 Å². The molecule has 2 heterocycles. The molecule has 0 aromatic carbocycles. The lowest BCUT2D eigenvalue weighted by atomic mass is 9.88. The van der Waals surface area contributed by atoms with Gasteiger partial charge >= 0.3 is 5.69 Å². The van der Waals surface area contributed by atoms with Crippen LogP contribution in [0.2, 0.25) is 0 Å². The third-order valence-corrected chi connectivity index (χ3v) is 2.66. The summed E-state index contributed by atoms with van der Waals surface area (Å²) in [5.74, 6) is 0. The fraction of sp³-hybridized carbons (Fsp3) is 0.667. The number of hydrogen-bond donors (Lipinski definition) is 1. The molecular weight excluding hydrogens is 168 g/mol. The first-order valence-corrected chi connectivity index (χ1v) is 4.44. The molecule has 4 heteroatoms. The number of hydrogen-bond acceptors (Lipinski definition) is 2. The van der Waals surface area contributed by atoms with Crippen LogP contribution in [0.1, 0.15) is 19.9 Å². The summed E-state index contributed by atoms with van der Waals surface area (Å²) in [6.07, 6.45) is 3.44. The van der Waals surface area contributed by atoms with Gasteiger partial charge in [-0.25, -0.2) is 4.79 Å². The minimum Gasteiger partial charge on any atom is -0.379 e. The molecule has 1 aliphatic heterocycles. The molecule has 72 valence electrons. The number of aromatic amines is 1. The molecule has 0 saturated carbocycles. The molecule has 4 nitrogen and oxygen atoms in total. The van der Waals surface area contributed by atoms with Crippen molar-refractivity contribution in [1.29, 1.82) is 0 Å². The molecule has 1 N–H and O–H groups in total. The van der Waals surface area contributed by atoms with E-state index in [4.69, 9.17) is 4.74 Å². The first-order chi connectivity index (χ1) is 6.11. The van der Waals surface area contributed by atoms with Crippen LogP contribution in [0.4, 0.5) is 0 Å². The highest BCUT2D eigenvalue weighted by Gasteiger charge is 2.37. The Hall–Kier alpha value is -1.03. The van der Waals surface area contributed by atoms with Crippen molar-refractivity contribution in [1.82, 2.24) is 9.55 Å². The van der Waals surface area contributed by atoms with E-state index < -0.39 is 0 Å². The van der Waals surface area contributed by atoms with Crippen LogP contribution >= 0.6 is 0 Å². The lowest BCUT2D eigenvalue weighted by molar-refractivity contribution is 0.166. The Morgan fingerprint density at radius 2 is 2.46 bits per heavy atom. The second kappa shape index (κ2) is 2.73. The van der Waals surface area contributed by atoms with E-state index in [1.807, 2.05) is 0 Å². The van der Waals surface area contributed by atoms with Gasteiger partial charge in [0.15, 0.2) is 0 Å². The average Bonchev–Trinajstić information content (AvgIpc) is 2.56. The topological polar surface area (TPSA) is 47.0 Å². The molecule has 1 atom stereocenters. The fourth-order valence-corrected chi connectivity index (χ4v) is 1.79. The second-order valence-corrected chi connectivity index (χ2v) is 4.19. The summed E-state index contributed by atoms with van der Waals surface area (Å²) in [6, 6.07) is 0.159. The van der Waals surface area contributed by atoms with E-state index in [1.165, 1.54) is 0 Å². The van der Waals surface area contributed by atoms with Gasteiger partial charge in [0, 0.05) is 17.8 Å². The number of aromatic nitrogens is 2. The highest BCUT2D eigenvalue weighted by atomic mass is 16.5.